The standard InChI is InChI=1S/C13H17N3S/c1-2-15-7-9-16(10-8-15)13-5-3-12(4-6-13)14-11-17/h3-6H,2,7-10H2,1H3. The maximum Gasteiger partial charge on any atom is 0.0741 e. The molecule has 4 heteroatoms. The fourth-order valence-corrected chi connectivity index (χ4v) is 2.22. The second-order valence-corrected chi connectivity index (χ2v) is 4.32. The highest BCUT2D eigenvalue weighted by Crippen LogP contribution is 2.20. The Bertz CT molecular complexity index is 401. The number of benzene rings is 1. The van der Waals surface area contributed by atoms with Gasteiger partial charge >= 0.3 is 0 Å². The van der Waals surface area contributed by atoms with Crippen molar-refractivity contribution in [3.05, 3.63) is 24.3 Å². The summed E-state index contributed by atoms with van der Waals surface area (Å²) in [4.78, 5) is 8.84. The van der Waals surface area contributed by atoms with E-state index in [9.17, 15) is 0 Å². The zero-order chi connectivity index (χ0) is 12.1. The van der Waals surface area contributed by atoms with Crippen LogP contribution in [0, 0.1) is 0 Å². The van der Waals surface area contributed by atoms with Crippen LogP contribution in [0.4, 0.5) is 11.4 Å². The van der Waals surface area contributed by atoms with Gasteiger partial charge in [0.2, 0.25) is 0 Å². The normalized spacial score (nSPS) is 16.6. The molecular formula is C13H17N3S. The van der Waals surface area contributed by atoms with Crippen LogP contribution in [0.3, 0.4) is 0 Å². The average molecular weight is 247 g/mol. The number of piperazine rings is 1. The Morgan fingerprint density at radius 3 is 2.35 bits per heavy atom. The summed E-state index contributed by atoms with van der Waals surface area (Å²) < 4.78 is 0. The van der Waals surface area contributed by atoms with Crippen molar-refractivity contribution in [1.82, 2.24) is 4.90 Å². The van der Waals surface area contributed by atoms with Crippen molar-refractivity contribution in [3.63, 3.8) is 0 Å². The molecule has 0 aromatic heterocycles. The van der Waals surface area contributed by atoms with Gasteiger partial charge in [0.05, 0.1) is 10.8 Å². The average Bonchev–Trinajstić information content (AvgIpc) is 2.40. The van der Waals surface area contributed by atoms with Crippen LogP contribution in [0.15, 0.2) is 29.3 Å². The molecule has 3 nitrogen and oxygen atoms in total. The van der Waals surface area contributed by atoms with Crippen LogP contribution in [0.5, 0.6) is 0 Å². The number of hydrogen-bond donors (Lipinski definition) is 0. The Kier molecular flexibility index (Phi) is 4.26. The summed E-state index contributed by atoms with van der Waals surface area (Å²) in [5.41, 5.74) is 2.14. The summed E-state index contributed by atoms with van der Waals surface area (Å²) in [6.07, 6.45) is 0. The summed E-state index contributed by atoms with van der Waals surface area (Å²) in [5.74, 6) is 0. The molecule has 1 aromatic carbocycles. The van der Waals surface area contributed by atoms with E-state index in [2.05, 4.69) is 51.2 Å². The minimum atomic E-state index is 0.871. The monoisotopic (exact) mass is 247 g/mol. The van der Waals surface area contributed by atoms with E-state index < -0.39 is 0 Å². The molecule has 1 aliphatic heterocycles. The van der Waals surface area contributed by atoms with E-state index in [-0.39, 0.29) is 0 Å². The first-order valence-corrected chi connectivity index (χ1v) is 6.39. The van der Waals surface area contributed by atoms with Crippen LogP contribution in [-0.2, 0) is 0 Å². The number of hydrogen-bond acceptors (Lipinski definition) is 4. The number of isothiocyanates is 1. The molecule has 1 aromatic rings. The van der Waals surface area contributed by atoms with Crippen molar-refractivity contribution in [2.75, 3.05) is 37.6 Å². The van der Waals surface area contributed by atoms with Crippen LogP contribution in [0.1, 0.15) is 6.92 Å². The largest absolute Gasteiger partial charge is 0.369 e. The van der Waals surface area contributed by atoms with Gasteiger partial charge in [-0.3, -0.25) is 0 Å². The summed E-state index contributed by atoms with van der Waals surface area (Å²) >= 11 is 4.59. The summed E-state index contributed by atoms with van der Waals surface area (Å²) in [7, 11) is 0. The number of rotatable bonds is 3. The van der Waals surface area contributed by atoms with Gasteiger partial charge in [-0.05, 0) is 43.0 Å². The van der Waals surface area contributed by atoms with Gasteiger partial charge in [-0.1, -0.05) is 6.92 Å². The van der Waals surface area contributed by atoms with Gasteiger partial charge < -0.3 is 9.80 Å². The van der Waals surface area contributed by atoms with Gasteiger partial charge in [0.25, 0.3) is 0 Å². The van der Waals surface area contributed by atoms with Gasteiger partial charge in [-0.25, -0.2) is 0 Å². The third kappa shape index (κ3) is 3.13. The van der Waals surface area contributed by atoms with E-state index in [1.165, 1.54) is 5.69 Å². The van der Waals surface area contributed by atoms with Crippen LogP contribution in [0.2, 0.25) is 0 Å². The fourth-order valence-electron chi connectivity index (χ4n) is 2.11. The van der Waals surface area contributed by atoms with Crippen molar-refractivity contribution in [1.29, 1.82) is 0 Å². The number of anilines is 1. The number of nitrogens with zero attached hydrogens (tertiary/aromatic N) is 3. The highest BCUT2D eigenvalue weighted by atomic mass is 32.1. The molecular weight excluding hydrogens is 230 g/mol. The Morgan fingerprint density at radius 2 is 1.82 bits per heavy atom. The van der Waals surface area contributed by atoms with Gasteiger partial charge in [-0.15, -0.1) is 0 Å². The van der Waals surface area contributed by atoms with E-state index in [0.717, 1.165) is 38.4 Å². The molecule has 0 aliphatic carbocycles. The SMILES string of the molecule is CCN1CCN(c2ccc(N=C=S)cc2)CC1. The highest BCUT2D eigenvalue weighted by Gasteiger charge is 2.15. The molecule has 1 saturated heterocycles. The second kappa shape index (κ2) is 5.92. The van der Waals surface area contributed by atoms with Crippen molar-refractivity contribution in [2.24, 2.45) is 4.99 Å². The van der Waals surface area contributed by atoms with Crippen molar-refractivity contribution in [3.8, 4) is 0 Å². The second-order valence-electron chi connectivity index (χ2n) is 4.14. The molecule has 17 heavy (non-hydrogen) atoms. The number of likely N-dealkylation sites (N-methyl/N-ethyl adjacent to an activating group) is 1. The van der Waals surface area contributed by atoms with Crippen molar-refractivity contribution < 1.29 is 0 Å². The van der Waals surface area contributed by atoms with E-state index in [1.807, 2.05) is 12.1 Å². The van der Waals surface area contributed by atoms with Crippen LogP contribution in [0.25, 0.3) is 0 Å². The lowest BCUT2D eigenvalue weighted by Crippen LogP contribution is -2.46. The molecule has 0 N–H and O–H groups in total. The molecule has 0 bridgehead atoms. The quantitative estimate of drug-likeness (QED) is 0.604. The molecule has 0 radical (unpaired) electrons. The van der Waals surface area contributed by atoms with Crippen LogP contribution in [-0.4, -0.2) is 42.8 Å². The Morgan fingerprint density at radius 1 is 1.18 bits per heavy atom. The van der Waals surface area contributed by atoms with E-state index in [1.54, 1.807) is 0 Å². The lowest BCUT2D eigenvalue weighted by Gasteiger charge is -2.35. The molecule has 0 amide bonds. The Hall–Kier alpha value is -1.22. The molecule has 1 aliphatic rings. The van der Waals surface area contributed by atoms with Gasteiger partial charge in [-0.2, -0.15) is 4.99 Å². The Labute approximate surface area is 108 Å². The molecule has 0 spiro atoms. The third-order valence-corrected chi connectivity index (χ3v) is 3.30. The van der Waals surface area contributed by atoms with E-state index >= 15 is 0 Å². The van der Waals surface area contributed by atoms with E-state index in [4.69, 9.17) is 0 Å². The first-order valence-electron chi connectivity index (χ1n) is 5.98. The lowest BCUT2D eigenvalue weighted by molar-refractivity contribution is 0.271. The number of thiocarbonyl (C=S) groups is 1. The fraction of sp³-hybridized carbons (Fsp3) is 0.462. The Balaban J connectivity index is 2.01. The van der Waals surface area contributed by atoms with Gasteiger partial charge in [0, 0.05) is 31.9 Å². The van der Waals surface area contributed by atoms with Crippen molar-refractivity contribution in [2.45, 2.75) is 6.92 Å². The predicted molar refractivity (Wildman–Crippen MR) is 75.5 cm³/mol. The molecule has 1 heterocycles. The molecule has 1 fully saturated rings. The van der Waals surface area contributed by atoms with Crippen LogP contribution < -0.4 is 4.90 Å². The maximum absolute atomic E-state index is 4.59. The summed E-state index contributed by atoms with van der Waals surface area (Å²) in [6, 6.07) is 8.18. The maximum atomic E-state index is 4.59. The van der Waals surface area contributed by atoms with E-state index in [0.29, 0.717) is 0 Å². The summed E-state index contributed by atoms with van der Waals surface area (Å²) in [6.45, 7) is 7.86. The minimum absolute atomic E-state index is 0.871. The molecule has 0 unspecified atom stereocenters. The topological polar surface area (TPSA) is 18.8 Å². The third-order valence-electron chi connectivity index (χ3n) is 3.21. The first kappa shape index (κ1) is 12.2. The van der Waals surface area contributed by atoms with Crippen molar-refractivity contribution >= 4 is 28.8 Å². The minimum Gasteiger partial charge on any atom is -0.369 e. The molecule has 2 rings (SSSR count). The zero-order valence-electron chi connectivity index (χ0n) is 10.1. The van der Waals surface area contributed by atoms with Crippen LogP contribution >= 0.6 is 12.2 Å². The number of aliphatic imine (C=N–C) groups is 1. The molecule has 0 atom stereocenters. The summed E-state index contributed by atoms with van der Waals surface area (Å²) in [5, 5.41) is 2.38. The van der Waals surface area contributed by atoms with Gasteiger partial charge in [0.1, 0.15) is 0 Å². The first-order chi connectivity index (χ1) is 8.33. The molecule has 90 valence electrons. The molecule has 0 saturated carbocycles. The predicted octanol–water partition coefficient (Wildman–Crippen LogP) is 2.56. The van der Waals surface area contributed by atoms with Gasteiger partial charge in [0.15, 0.2) is 0 Å². The zero-order valence-corrected chi connectivity index (χ0v) is 10.9. The smallest absolute Gasteiger partial charge is 0.0741 e. The highest BCUT2D eigenvalue weighted by molar-refractivity contribution is 7.78. The lowest BCUT2D eigenvalue weighted by atomic mass is 10.2.